The lowest BCUT2D eigenvalue weighted by Crippen LogP contribution is -2.39. The summed E-state index contributed by atoms with van der Waals surface area (Å²) in [5.41, 5.74) is 1.18. The molecule has 0 radical (unpaired) electrons. The Kier molecular flexibility index (Phi) is 6.46. The van der Waals surface area contributed by atoms with Gasteiger partial charge in [0.1, 0.15) is 11.5 Å². The first-order chi connectivity index (χ1) is 9.10. The fourth-order valence-corrected chi connectivity index (χ4v) is 2.08. The number of guanidine groups is 1. The van der Waals surface area contributed by atoms with Crippen LogP contribution in [0.2, 0.25) is 0 Å². The van der Waals surface area contributed by atoms with Crippen molar-refractivity contribution in [1.82, 2.24) is 10.6 Å². The summed E-state index contributed by atoms with van der Waals surface area (Å²) < 4.78 is 5.51. The molecule has 0 bridgehead atoms. The fourth-order valence-electron chi connectivity index (χ4n) is 2.08. The first-order valence-electron chi connectivity index (χ1n) is 7.11. The van der Waals surface area contributed by atoms with E-state index in [1.165, 1.54) is 18.4 Å². The predicted molar refractivity (Wildman–Crippen MR) is 80.5 cm³/mol. The molecule has 0 aliphatic heterocycles. The number of aryl methyl sites for hydroxylation is 2. The molecule has 0 aromatic carbocycles. The van der Waals surface area contributed by atoms with Crippen LogP contribution in [-0.4, -0.2) is 19.6 Å². The molecule has 108 valence electrons. The molecule has 0 amide bonds. The van der Waals surface area contributed by atoms with Gasteiger partial charge in [0.15, 0.2) is 5.96 Å². The van der Waals surface area contributed by atoms with Gasteiger partial charge >= 0.3 is 0 Å². The van der Waals surface area contributed by atoms with Gasteiger partial charge < -0.3 is 15.1 Å². The van der Waals surface area contributed by atoms with E-state index >= 15 is 0 Å². The monoisotopic (exact) mass is 265 g/mol. The standard InChI is InChI=1S/C15H27N3O/c1-6-13(7-2)9-17-15(16-5)18-10-14-8-11(3)19-12(14)4/h8,13H,6-7,9-10H2,1-5H3,(H2,16,17,18). The second-order valence-electron chi connectivity index (χ2n) is 4.93. The minimum absolute atomic E-state index is 0.705. The van der Waals surface area contributed by atoms with Gasteiger partial charge in [0.2, 0.25) is 0 Å². The van der Waals surface area contributed by atoms with E-state index in [1.807, 2.05) is 13.8 Å². The van der Waals surface area contributed by atoms with Crippen LogP contribution in [0.5, 0.6) is 0 Å². The number of furan rings is 1. The zero-order valence-electron chi connectivity index (χ0n) is 12.8. The molecule has 0 aliphatic rings. The largest absolute Gasteiger partial charge is 0.466 e. The van der Waals surface area contributed by atoms with E-state index in [2.05, 4.69) is 35.5 Å². The highest BCUT2D eigenvalue weighted by molar-refractivity contribution is 5.79. The van der Waals surface area contributed by atoms with E-state index in [0.29, 0.717) is 5.92 Å². The van der Waals surface area contributed by atoms with Crippen molar-refractivity contribution in [1.29, 1.82) is 0 Å². The molecule has 1 aromatic rings. The van der Waals surface area contributed by atoms with Crippen LogP contribution in [-0.2, 0) is 6.54 Å². The smallest absolute Gasteiger partial charge is 0.191 e. The van der Waals surface area contributed by atoms with Gasteiger partial charge in [-0.2, -0.15) is 0 Å². The van der Waals surface area contributed by atoms with Crippen molar-refractivity contribution in [3.05, 3.63) is 23.2 Å². The maximum absolute atomic E-state index is 5.51. The third-order valence-electron chi connectivity index (χ3n) is 3.53. The van der Waals surface area contributed by atoms with Crippen LogP contribution in [0, 0.1) is 19.8 Å². The summed E-state index contributed by atoms with van der Waals surface area (Å²) >= 11 is 0. The topological polar surface area (TPSA) is 49.6 Å². The number of hydrogen-bond donors (Lipinski definition) is 2. The Morgan fingerprint density at radius 2 is 1.95 bits per heavy atom. The van der Waals surface area contributed by atoms with Crippen LogP contribution >= 0.6 is 0 Å². The molecule has 4 nitrogen and oxygen atoms in total. The van der Waals surface area contributed by atoms with E-state index in [0.717, 1.165) is 30.6 Å². The first-order valence-corrected chi connectivity index (χ1v) is 7.11. The molecule has 1 rings (SSSR count). The second-order valence-corrected chi connectivity index (χ2v) is 4.93. The Hall–Kier alpha value is -1.45. The average molecular weight is 265 g/mol. The Morgan fingerprint density at radius 1 is 1.26 bits per heavy atom. The van der Waals surface area contributed by atoms with E-state index < -0.39 is 0 Å². The van der Waals surface area contributed by atoms with Crippen molar-refractivity contribution in [2.45, 2.75) is 47.1 Å². The molecule has 0 aliphatic carbocycles. The summed E-state index contributed by atoms with van der Waals surface area (Å²) in [4.78, 5) is 4.24. The third kappa shape index (κ3) is 4.97. The molecule has 0 unspecified atom stereocenters. The minimum atomic E-state index is 0.705. The summed E-state index contributed by atoms with van der Waals surface area (Å²) in [5.74, 6) is 3.48. The molecule has 0 saturated carbocycles. The molecule has 2 N–H and O–H groups in total. The molecular weight excluding hydrogens is 238 g/mol. The van der Waals surface area contributed by atoms with Crippen molar-refractivity contribution in [3.63, 3.8) is 0 Å². The quantitative estimate of drug-likeness (QED) is 0.614. The van der Waals surface area contributed by atoms with Crippen LogP contribution in [0.1, 0.15) is 43.8 Å². The predicted octanol–water partition coefficient (Wildman–Crippen LogP) is 3.00. The Balaban J connectivity index is 2.43. The zero-order valence-corrected chi connectivity index (χ0v) is 12.8. The van der Waals surface area contributed by atoms with E-state index in [1.54, 1.807) is 7.05 Å². The van der Waals surface area contributed by atoms with Gasteiger partial charge in [0.25, 0.3) is 0 Å². The van der Waals surface area contributed by atoms with E-state index in [-0.39, 0.29) is 0 Å². The maximum Gasteiger partial charge on any atom is 0.191 e. The SMILES string of the molecule is CCC(CC)CNC(=NC)NCc1cc(C)oc1C. The number of nitrogens with zero attached hydrogens (tertiary/aromatic N) is 1. The summed E-state index contributed by atoms with van der Waals surface area (Å²) in [5, 5.41) is 6.70. The van der Waals surface area contributed by atoms with Gasteiger partial charge in [0, 0.05) is 25.7 Å². The molecular formula is C15H27N3O. The fraction of sp³-hybridized carbons (Fsp3) is 0.667. The lowest BCUT2D eigenvalue weighted by atomic mass is 10.0. The molecule has 0 spiro atoms. The average Bonchev–Trinajstić information content (AvgIpc) is 2.72. The highest BCUT2D eigenvalue weighted by atomic mass is 16.3. The normalized spacial score (nSPS) is 12.0. The first kappa shape index (κ1) is 15.6. The van der Waals surface area contributed by atoms with Gasteiger partial charge in [-0.1, -0.05) is 26.7 Å². The molecule has 4 heteroatoms. The molecule has 0 fully saturated rings. The van der Waals surface area contributed by atoms with Crippen molar-refractivity contribution in [3.8, 4) is 0 Å². The number of hydrogen-bond acceptors (Lipinski definition) is 2. The number of nitrogens with one attached hydrogen (secondary N) is 2. The maximum atomic E-state index is 5.51. The van der Waals surface area contributed by atoms with Crippen LogP contribution in [0.25, 0.3) is 0 Å². The summed E-state index contributed by atoms with van der Waals surface area (Å²) in [6.45, 7) is 10.1. The van der Waals surface area contributed by atoms with Crippen molar-refractivity contribution < 1.29 is 4.42 Å². The van der Waals surface area contributed by atoms with Gasteiger partial charge in [0.05, 0.1) is 0 Å². The molecule has 1 aromatic heterocycles. The van der Waals surface area contributed by atoms with E-state index in [9.17, 15) is 0 Å². The second kappa shape index (κ2) is 7.87. The number of aliphatic imine (C=N–C) groups is 1. The Bertz CT molecular complexity index is 406. The lowest BCUT2D eigenvalue weighted by molar-refractivity contribution is 0.481. The highest BCUT2D eigenvalue weighted by Crippen LogP contribution is 2.13. The van der Waals surface area contributed by atoms with Gasteiger partial charge in [-0.3, -0.25) is 4.99 Å². The molecule has 0 saturated heterocycles. The van der Waals surface area contributed by atoms with Gasteiger partial charge in [-0.15, -0.1) is 0 Å². The molecule has 19 heavy (non-hydrogen) atoms. The van der Waals surface area contributed by atoms with Gasteiger partial charge in [-0.05, 0) is 25.8 Å². The van der Waals surface area contributed by atoms with E-state index in [4.69, 9.17) is 4.42 Å². The van der Waals surface area contributed by atoms with Crippen molar-refractivity contribution in [2.75, 3.05) is 13.6 Å². The highest BCUT2D eigenvalue weighted by Gasteiger charge is 2.07. The Labute approximate surface area is 116 Å². The minimum Gasteiger partial charge on any atom is -0.466 e. The summed E-state index contributed by atoms with van der Waals surface area (Å²) in [6, 6.07) is 2.07. The summed E-state index contributed by atoms with van der Waals surface area (Å²) in [6.07, 6.45) is 2.39. The van der Waals surface area contributed by atoms with Crippen LogP contribution < -0.4 is 10.6 Å². The van der Waals surface area contributed by atoms with Crippen molar-refractivity contribution >= 4 is 5.96 Å². The summed E-state index contributed by atoms with van der Waals surface area (Å²) in [7, 11) is 1.80. The lowest BCUT2D eigenvalue weighted by Gasteiger charge is -2.16. The molecule has 1 heterocycles. The molecule has 0 atom stereocenters. The Morgan fingerprint density at radius 3 is 2.42 bits per heavy atom. The van der Waals surface area contributed by atoms with Crippen LogP contribution in [0.3, 0.4) is 0 Å². The number of rotatable bonds is 6. The van der Waals surface area contributed by atoms with Crippen molar-refractivity contribution in [2.24, 2.45) is 10.9 Å². The van der Waals surface area contributed by atoms with Crippen LogP contribution in [0.15, 0.2) is 15.5 Å². The zero-order chi connectivity index (χ0) is 14.3. The third-order valence-corrected chi connectivity index (χ3v) is 3.53. The van der Waals surface area contributed by atoms with Gasteiger partial charge in [-0.25, -0.2) is 0 Å². The van der Waals surface area contributed by atoms with Crippen LogP contribution in [0.4, 0.5) is 0 Å².